The molecule has 1 heterocycles. The van der Waals surface area contributed by atoms with Crippen molar-refractivity contribution in [2.24, 2.45) is 5.92 Å². The van der Waals surface area contributed by atoms with Crippen molar-refractivity contribution < 1.29 is 23.9 Å². The van der Waals surface area contributed by atoms with E-state index in [1.54, 1.807) is 61.5 Å². The van der Waals surface area contributed by atoms with E-state index in [0.717, 1.165) is 0 Å². The smallest absolute Gasteiger partial charge is 0.359 e. The first kappa shape index (κ1) is 24.6. The van der Waals surface area contributed by atoms with Crippen LogP contribution in [-0.2, 0) is 25.6 Å². The van der Waals surface area contributed by atoms with Gasteiger partial charge in [-0.2, -0.15) is 5.10 Å². The van der Waals surface area contributed by atoms with Gasteiger partial charge in [-0.3, -0.25) is 19.3 Å². The lowest BCUT2D eigenvalue weighted by Gasteiger charge is -2.21. The molecule has 0 unspecified atom stereocenters. The Bertz CT molecular complexity index is 1240. The molecule has 2 aromatic carbocycles. The molecule has 3 rings (SSSR count). The van der Waals surface area contributed by atoms with Crippen LogP contribution in [0.25, 0.3) is 10.8 Å². The zero-order valence-corrected chi connectivity index (χ0v) is 19.4. The summed E-state index contributed by atoms with van der Waals surface area (Å²) in [4.78, 5) is 51.8. The molecule has 0 radical (unpaired) electrons. The largest absolute Gasteiger partial charge is 0.465 e. The van der Waals surface area contributed by atoms with Crippen LogP contribution in [0.15, 0.2) is 59.4 Å². The van der Waals surface area contributed by atoms with Crippen molar-refractivity contribution in [3.8, 4) is 0 Å². The molecule has 0 N–H and O–H groups in total. The molecule has 0 bridgehead atoms. The highest BCUT2D eigenvalue weighted by Crippen LogP contribution is 2.16. The van der Waals surface area contributed by atoms with E-state index in [1.165, 1.54) is 9.58 Å². The lowest BCUT2D eigenvalue weighted by Crippen LogP contribution is -2.39. The van der Waals surface area contributed by atoms with Crippen molar-refractivity contribution in [2.75, 3.05) is 24.7 Å². The van der Waals surface area contributed by atoms with Crippen LogP contribution >= 0.6 is 0 Å². The highest BCUT2D eigenvalue weighted by Gasteiger charge is 2.23. The minimum absolute atomic E-state index is 0.0553. The monoisotopic (exact) mass is 465 g/mol. The molecule has 0 saturated heterocycles. The van der Waals surface area contributed by atoms with Crippen molar-refractivity contribution in [2.45, 2.75) is 27.3 Å². The standard InChI is InChI=1S/C25H27N3O6/c1-4-33-22(30)15-27(18-10-6-5-7-11-18)21(29)16-34-25(32)23-19-12-8-9-13-20(19)24(31)28(26-23)14-17(2)3/h5-13,17H,4,14-16H2,1-3H3. The second-order valence-corrected chi connectivity index (χ2v) is 7.97. The molecule has 34 heavy (non-hydrogen) atoms. The minimum atomic E-state index is -0.841. The quantitative estimate of drug-likeness (QED) is 0.447. The Morgan fingerprint density at radius 1 is 0.971 bits per heavy atom. The molecule has 0 atom stereocenters. The maximum atomic E-state index is 12.9. The summed E-state index contributed by atoms with van der Waals surface area (Å²) in [6, 6.07) is 15.2. The Morgan fingerprint density at radius 3 is 2.26 bits per heavy atom. The van der Waals surface area contributed by atoms with E-state index < -0.39 is 24.5 Å². The van der Waals surface area contributed by atoms with Gasteiger partial charge in [0, 0.05) is 17.6 Å². The number of amides is 1. The average molecular weight is 466 g/mol. The molecule has 0 aliphatic carbocycles. The first-order chi connectivity index (χ1) is 16.3. The number of anilines is 1. The molecule has 9 nitrogen and oxygen atoms in total. The van der Waals surface area contributed by atoms with Gasteiger partial charge < -0.3 is 9.47 Å². The Labute approximate surface area is 196 Å². The first-order valence-electron chi connectivity index (χ1n) is 11.0. The van der Waals surface area contributed by atoms with Gasteiger partial charge >= 0.3 is 11.9 Å². The van der Waals surface area contributed by atoms with Crippen molar-refractivity contribution in [3.05, 3.63) is 70.6 Å². The highest BCUT2D eigenvalue weighted by molar-refractivity contribution is 6.04. The van der Waals surface area contributed by atoms with Crippen molar-refractivity contribution in [1.29, 1.82) is 0 Å². The van der Waals surface area contributed by atoms with Gasteiger partial charge in [0.05, 0.1) is 12.0 Å². The summed E-state index contributed by atoms with van der Waals surface area (Å²) in [7, 11) is 0. The summed E-state index contributed by atoms with van der Waals surface area (Å²) >= 11 is 0. The van der Waals surface area contributed by atoms with Gasteiger partial charge in [-0.15, -0.1) is 0 Å². The summed E-state index contributed by atoms with van der Waals surface area (Å²) in [6.07, 6.45) is 0. The van der Waals surface area contributed by atoms with Gasteiger partial charge in [-0.25, -0.2) is 9.48 Å². The normalized spacial score (nSPS) is 10.8. The molecule has 178 valence electrons. The number of fused-ring (bicyclic) bond motifs is 1. The topological polar surface area (TPSA) is 108 Å². The summed E-state index contributed by atoms with van der Waals surface area (Å²) in [5.74, 6) is -1.91. The van der Waals surface area contributed by atoms with Gasteiger partial charge in [0.2, 0.25) is 0 Å². The number of hydrogen-bond acceptors (Lipinski definition) is 7. The summed E-state index contributed by atoms with van der Waals surface area (Å²) < 4.78 is 11.5. The molecule has 3 aromatic rings. The number of ether oxygens (including phenoxy) is 2. The van der Waals surface area contributed by atoms with Gasteiger partial charge in [0.25, 0.3) is 11.5 Å². The van der Waals surface area contributed by atoms with Crippen LogP contribution in [0.4, 0.5) is 5.69 Å². The number of rotatable bonds is 9. The van der Waals surface area contributed by atoms with E-state index in [1.807, 2.05) is 13.8 Å². The third-order valence-electron chi connectivity index (χ3n) is 4.89. The molecular formula is C25H27N3O6. The van der Waals surface area contributed by atoms with Crippen LogP contribution in [-0.4, -0.2) is 47.4 Å². The van der Waals surface area contributed by atoms with Gasteiger partial charge in [-0.1, -0.05) is 50.2 Å². The molecule has 0 aliphatic rings. The van der Waals surface area contributed by atoms with Crippen LogP contribution < -0.4 is 10.5 Å². The second kappa shape index (κ2) is 11.2. The lowest BCUT2D eigenvalue weighted by atomic mass is 10.1. The van der Waals surface area contributed by atoms with Crippen LogP contribution in [0.5, 0.6) is 0 Å². The Balaban J connectivity index is 1.85. The number of esters is 2. The molecule has 1 amide bonds. The van der Waals surface area contributed by atoms with E-state index in [-0.39, 0.29) is 30.3 Å². The first-order valence-corrected chi connectivity index (χ1v) is 11.0. The Hall–Kier alpha value is -4.01. The maximum Gasteiger partial charge on any atom is 0.359 e. The predicted molar refractivity (Wildman–Crippen MR) is 127 cm³/mol. The zero-order valence-electron chi connectivity index (χ0n) is 19.4. The third kappa shape index (κ3) is 5.86. The minimum Gasteiger partial charge on any atom is -0.465 e. The summed E-state index contributed by atoms with van der Waals surface area (Å²) in [5, 5.41) is 4.91. The van der Waals surface area contributed by atoms with Crippen LogP contribution in [0.3, 0.4) is 0 Å². The maximum absolute atomic E-state index is 12.9. The number of benzene rings is 2. The molecule has 1 aromatic heterocycles. The molecule has 0 spiro atoms. The van der Waals surface area contributed by atoms with E-state index in [2.05, 4.69) is 5.10 Å². The Morgan fingerprint density at radius 2 is 1.62 bits per heavy atom. The molecule has 0 fully saturated rings. The van der Waals surface area contributed by atoms with Gasteiger partial charge in [0.15, 0.2) is 12.3 Å². The SMILES string of the molecule is CCOC(=O)CN(C(=O)COC(=O)c1nn(CC(C)C)c(=O)c2ccccc12)c1ccccc1. The highest BCUT2D eigenvalue weighted by atomic mass is 16.5. The van der Waals surface area contributed by atoms with E-state index in [9.17, 15) is 19.2 Å². The fourth-order valence-electron chi connectivity index (χ4n) is 3.40. The fourth-order valence-corrected chi connectivity index (χ4v) is 3.40. The lowest BCUT2D eigenvalue weighted by molar-refractivity contribution is -0.142. The van der Waals surface area contributed by atoms with Crippen LogP contribution in [0.1, 0.15) is 31.3 Å². The van der Waals surface area contributed by atoms with E-state index in [0.29, 0.717) is 23.0 Å². The second-order valence-electron chi connectivity index (χ2n) is 7.97. The van der Waals surface area contributed by atoms with E-state index >= 15 is 0 Å². The number of hydrogen-bond donors (Lipinski definition) is 0. The summed E-state index contributed by atoms with van der Waals surface area (Å²) in [6.45, 7) is 5.09. The molecule has 9 heteroatoms. The number of aromatic nitrogens is 2. The zero-order chi connectivity index (χ0) is 24.7. The van der Waals surface area contributed by atoms with Crippen LogP contribution in [0, 0.1) is 5.92 Å². The average Bonchev–Trinajstić information content (AvgIpc) is 2.83. The van der Waals surface area contributed by atoms with E-state index in [4.69, 9.17) is 9.47 Å². The number of carbonyl (C=O) groups is 3. The third-order valence-corrected chi connectivity index (χ3v) is 4.89. The number of nitrogens with zero attached hydrogens (tertiary/aromatic N) is 3. The fraction of sp³-hybridized carbons (Fsp3) is 0.320. The molecular weight excluding hydrogens is 438 g/mol. The van der Waals surface area contributed by atoms with Crippen molar-refractivity contribution in [3.63, 3.8) is 0 Å². The number of carbonyl (C=O) groups excluding carboxylic acids is 3. The van der Waals surface area contributed by atoms with Crippen molar-refractivity contribution in [1.82, 2.24) is 9.78 Å². The van der Waals surface area contributed by atoms with Crippen LogP contribution in [0.2, 0.25) is 0 Å². The number of para-hydroxylation sites is 1. The molecule has 0 aliphatic heterocycles. The van der Waals surface area contributed by atoms with Crippen molar-refractivity contribution >= 4 is 34.3 Å². The van der Waals surface area contributed by atoms with Gasteiger partial charge in [-0.05, 0) is 31.0 Å². The summed E-state index contributed by atoms with van der Waals surface area (Å²) in [5.41, 5.74) is 0.104. The molecule has 0 saturated carbocycles. The Kier molecular flexibility index (Phi) is 8.13. The van der Waals surface area contributed by atoms with Gasteiger partial charge in [0.1, 0.15) is 6.54 Å². The predicted octanol–water partition coefficient (Wildman–Crippen LogP) is 2.81.